The van der Waals surface area contributed by atoms with Gasteiger partial charge in [-0.25, -0.2) is 4.79 Å². The maximum atomic E-state index is 13.2. The van der Waals surface area contributed by atoms with Crippen LogP contribution in [0.25, 0.3) is 0 Å². The van der Waals surface area contributed by atoms with Crippen LogP contribution in [-0.2, 0) is 4.79 Å². The standard InChI is InChI=1S/C22H31N3O2/c1-16(2)23-21(27)24-12-10-22(11-13-24)14-19(17-6-4-3-5-7-17)20(26)25(15-22)18-8-9-18/h3-7,16,18-19H,8-15H2,1-2H3,(H,23,27)/t19-/m1/s1. The number of nitrogens with one attached hydrogen (secondary N) is 1. The normalized spacial score (nSPS) is 25.1. The summed E-state index contributed by atoms with van der Waals surface area (Å²) in [7, 11) is 0. The fourth-order valence-electron chi connectivity index (χ4n) is 4.75. The van der Waals surface area contributed by atoms with Crippen molar-refractivity contribution in [3.05, 3.63) is 35.9 Å². The molecule has 0 aromatic heterocycles. The lowest BCUT2D eigenvalue weighted by Crippen LogP contribution is -2.56. The number of carbonyl (C=O) groups is 2. The summed E-state index contributed by atoms with van der Waals surface area (Å²) in [6.07, 6.45) is 5.17. The highest BCUT2D eigenvalue weighted by molar-refractivity contribution is 5.85. The van der Waals surface area contributed by atoms with Crippen molar-refractivity contribution in [1.82, 2.24) is 15.1 Å². The Labute approximate surface area is 162 Å². The van der Waals surface area contributed by atoms with Crippen LogP contribution in [0.15, 0.2) is 30.3 Å². The molecule has 146 valence electrons. The molecule has 0 bridgehead atoms. The number of benzene rings is 1. The van der Waals surface area contributed by atoms with Crippen LogP contribution in [-0.4, -0.2) is 53.5 Å². The maximum Gasteiger partial charge on any atom is 0.317 e. The molecule has 1 atom stereocenters. The van der Waals surface area contributed by atoms with Crippen LogP contribution in [0.4, 0.5) is 4.79 Å². The summed E-state index contributed by atoms with van der Waals surface area (Å²) in [5, 5.41) is 3.00. The van der Waals surface area contributed by atoms with Crippen LogP contribution in [0.2, 0.25) is 0 Å². The maximum absolute atomic E-state index is 13.2. The van der Waals surface area contributed by atoms with Crippen molar-refractivity contribution in [2.24, 2.45) is 5.41 Å². The Bertz CT molecular complexity index is 691. The van der Waals surface area contributed by atoms with Gasteiger partial charge in [0.05, 0.1) is 5.92 Å². The highest BCUT2D eigenvalue weighted by Gasteiger charge is 2.49. The van der Waals surface area contributed by atoms with Crippen molar-refractivity contribution in [2.45, 2.75) is 64.0 Å². The molecule has 3 fully saturated rings. The first-order valence-corrected chi connectivity index (χ1v) is 10.4. The van der Waals surface area contributed by atoms with Crippen molar-refractivity contribution in [1.29, 1.82) is 0 Å². The Morgan fingerprint density at radius 1 is 1.15 bits per heavy atom. The molecular weight excluding hydrogens is 338 g/mol. The van der Waals surface area contributed by atoms with E-state index in [4.69, 9.17) is 0 Å². The Balaban J connectivity index is 1.51. The van der Waals surface area contributed by atoms with Gasteiger partial charge in [0, 0.05) is 31.7 Å². The Morgan fingerprint density at radius 3 is 2.41 bits per heavy atom. The molecule has 3 aliphatic rings. The molecule has 2 aliphatic heterocycles. The number of nitrogens with zero attached hydrogens (tertiary/aromatic N) is 2. The van der Waals surface area contributed by atoms with Gasteiger partial charge in [-0.1, -0.05) is 30.3 Å². The molecular formula is C22H31N3O2. The molecule has 4 rings (SSSR count). The van der Waals surface area contributed by atoms with Crippen molar-refractivity contribution in [3.63, 3.8) is 0 Å². The van der Waals surface area contributed by atoms with E-state index in [0.717, 1.165) is 57.3 Å². The van der Waals surface area contributed by atoms with Crippen LogP contribution in [0.3, 0.4) is 0 Å². The summed E-state index contributed by atoms with van der Waals surface area (Å²) in [6, 6.07) is 10.9. The van der Waals surface area contributed by atoms with E-state index >= 15 is 0 Å². The number of likely N-dealkylation sites (tertiary alicyclic amines) is 2. The number of amides is 3. The average Bonchev–Trinajstić information content (AvgIpc) is 3.49. The van der Waals surface area contributed by atoms with Gasteiger partial charge >= 0.3 is 6.03 Å². The second kappa shape index (κ2) is 7.17. The van der Waals surface area contributed by atoms with Gasteiger partial charge in [-0.05, 0) is 56.9 Å². The third kappa shape index (κ3) is 3.83. The van der Waals surface area contributed by atoms with Crippen molar-refractivity contribution in [3.8, 4) is 0 Å². The second-order valence-electron chi connectivity index (χ2n) is 8.96. The number of urea groups is 1. The first-order chi connectivity index (χ1) is 13.0. The molecule has 1 aromatic carbocycles. The molecule has 2 heterocycles. The average molecular weight is 370 g/mol. The Kier molecular flexibility index (Phi) is 4.87. The Morgan fingerprint density at radius 2 is 1.81 bits per heavy atom. The number of piperidine rings is 2. The van der Waals surface area contributed by atoms with Gasteiger partial charge in [0.25, 0.3) is 0 Å². The van der Waals surface area contributed by atoms with E-state index in [1.54, 1.807) is 0 Å². The summed E-state index contributed by atoms with van der Waals surface area (Å²) >= 11 is 0. The summed E-state index contributed by atoms with van der Waals surface area (Å²) in [6.45, 7) is 6.43. The van der Waals surface area contributed by atoms with E-state index in [1.807, 2.05) is 36.9 Å². The van der Waals surface area contributed by atoms with Crippen LogP contribution >= 0.6 is 0 Å². The number of hydrogen-bond donors (Lipinski definition) is 1. The minimum absolute atomic E-state index is 0.0309. The number of hydrogen-bond acceptors (Lipinski definition) is 2. The largest absolute Gasteiger partial charge is 0.339 e. The SMILES string of the molecule is CC(C)NC(=O)N1CCC2(CC1)C[C@H](c1ccccc1)C(=O)N(C1CC1)C2. The van der Waals surface area contributed by atoms with Crippen molar-refractivity contribution >= 4 is 11.9 Å². The van der Waals surface area contributed by atoms with E-state index < -0.39 is 0 Å². The molecule has 0 unspecified atom stereocenters. The molecule has 2 saturated heterocycles. The molecule has 1 N–H and O–H groups in total. The third-order valence-corrected chi connectivity index (χ3v) is 6.44. The number of carbonyl (C=O) groups excluding carboxylic acids is 2. The summed E-state index contributed by atoms with van der Waals surface area (Å²) < 4.78 is 0. The first-order valence-electron chi connectivity index (χ1n) is 10.4. The lowest BCUT2D eigenvalue weighted by molar-refractivity contribution is -0.142. The zero-order valence-corrected chi connectivity index (χ0v) is 16.5. The minimum Gasteiger partial charge on any atom is -0.339 e. The highest BCUT2D eigenvalue weighted by atomic mass is 16.2. The van der Waals surface area contributed by atoms with Crippen LogP contribution in [0.1, 0.15) is 57.4 Å². The van der Waals surface area contributed by atoms with E-state index in [9.17, 15) is 9.59 Å². The van der Waals surface area contributed by atoms with Gasteiger partial charge in [0.2, 0.25) is 5.91 Å². The van der Waals surface area contributed by atoms with Crippen molar-refractivity contribution < 1.29 is 9.59 Å². The van der Waals surface area contributed by atoms with Gasteiger partial charge < -0.3 is 15.1 Å². The molecule has 5 heteroatoms. The number of rotatable bonds is 3. The third-order valence-electron chi connectivity index (χ3n) is 6.44. The van der Waals surface area contributed by atoms with Crippen LogP contribution in [0.5, 0.6) is 0 Å². The van der Waals surface area contributed by atoms with Gasteiger partial charge in [0.1, 0.15) is 0 Å². The smallest absolute Gasteiger partial charge is 0.317 e. The van der Waals surface area contributed by atoms with E-state index in [-0.39, 0.29) is 23.4 Å². The van der Waals surface area contributed by atoms with Gasteiger partial charge in [-0.15, -0.1) is 0 Å². The van der Waals surface area contributed by atoms with Crippen molar-refractivity contribution in [2.75, 3.05) is 19.6 Å². The molecule has 1 aliphatic carbocycles. The molecule has 5 nitrogen and oxygen atoms in total. The highest BCUT2D eigenvalue weighted by Crippen LogP contribution is 2.48. The zero-order chi connectivity index (χ0) is 19.0. The summed E-state index contributed by atoms with van der Waals surface area (Å²) in [5.74, 6) is 0.283. The molecule has 1 aromatic rings. The lowest BCUT2D eigenvalue weighted by Gasteiger charge is -2.50. The van der Waals surface area contributed by atoms with Gasteiger partial charge in [-0.2, -0.15) is 0 Å². The van der Waals surface area contributed by atoms with E-state index in [2.05, 4.69) is 22.3 Å². The second-order valence-corrected chi connectivity index (χ2v) is 8.96. The predicted octanol–water partition coefficient (Wildman–Crippen LogP) is 3.37. The quantitative estimate of drug-likeness (QED) is 0.888. The lowest BCUT2D eigenvalue weighted by atomic mass is 9.67. The predicted molar refractivity (Wildman–Crippen MR) is 105 cm³/mol. The monoisotopic (exact) mass is 369 g/mol. The molecule has 3 amide bonds. The first kappa shape index (κ1) is 18.3. The van der Waals surface area contributed by atoms with Gasteiger partial charge in [0.15, 0.2) is 0 Å². The fraction of sp³-hybridized carbons (Fsp3) is 0.636. The van der Waals surface area contributed by atoms with Crippen LogP contribution < -0.4 is 5.32 Å². The minimum atomic E-state index is -0.0309. The molecule has 1 saturated carbocycles. The van der Waals surface area contributed by atoms with Crippen LogP contribution in [0, 0.1) is 5.41 Å². The summed E-state index contributed by atoms with van der Waals surface area (Å²) in [5.41, 5.74) is 1.29. The topological polar surface area (TPSA) is 52.7 Å². The molecule has 0 radical (unpaired) electrons. The fourth-order valence-corrected chi connectivity index (χ4v) is 4.75. The Hall–Kier alpha value is -2.04. The molecule has 27 heavy (non-hydrogen) atoms. The summed E-state index contributed by atoms with van der Waals surface area (Å²) in [4.78, 5) is 29.6. The zero-order valence-electron chi connectivity index (χ0n) is 16.5. The van der Waals surface area contributed by atoms with E-state index in [1.165, 1.54) is 0 Å². The molecule has 1 spiro atoms. The van der Waals surface area contributed by atoms with Gasteiger partial charge in [-0.3, -0.25) is 4.79 Å². The van der Waals surface area contributed by atoms with E-state index in [0.29, 0.717) is 11.9 Å².